The average Bonchev–Trinajstić information content (AvgIpc) is 3.69. The molecule has 0 saturated carbocycles. The number of nitrogens with two attached hydrogens (primary N) is 1. The third-order valence-corrected chi connectivity index (χ3v) is 11.3. The monoisotopic (exact) mass is 717 g/mol. The summed E-state index contributed by atoms with van der Waals surface area (Å²) in [6.07, 6.45) is 1.37. The van der Waals surface area contributed by atoms with Gasteiger partial charge < -0.3 is 45.6 Å². The molecule has 260 valence electrons. The Labute approximate surface area is 285 Å². The Hall–Kier alpha value is -4.95. The standard InChI is InChI=1S/C29H32N8O10S2/c1-13(27(43)44)47-34-20(17-12-49-29(30)32-17)23(40)33-21-25(42)36-22(28(45)46)14(11-48-26(21)36)10-37-5-2-3-15(37)9-35(4-6-37)24(41)16-7-18(38)19(39)8-31-16/h7-8,12-13,15,21,26H,2-6,9-11H2,1H3,(H6-,30,31,32,33,34,38,39,40,41,43,44,45,46)/p+1/t13-,15-,21+,26+,37?/m0/s1. The van der Waals surface area contributed by atoms with E-state index in [1.165, 1.54) is 29.0 Å². The van der Waals surface area contributed by atoms with Gasteiger partial charge >= 0.3 is 11.9 Å². The second-order valence-corrected chi connectivity index (χ2v) is 14.2. The highest BCUT2D eigenvalue weighted by Gasteiger charge is 2.56. The summed E-state index contributed by atoms with van der Waals surface area (Å²) >= 11 is 2.33. The summed E-state index contributed by atoms with van der Waals surface area (Å²) < 4.78 is 0.556. The van der Waals surface area contributed by atoms with Crippen LogP contribution in [0.4, 0.5) is 5.13 Å². The Kier molecular flexibility index (Phi) is 9.11. The maximum Gasteiger partial charge on any atom is 0.352 e. The number of nitrogens with zero attached hydrogens (tertiary/aromatic N) is 5. The van der Waals surface area contributed by atoms with Gasteiger partial charge in [0, 0.05) is 41.8 Å². The number of aromatic amines is 1. The van der Waals surface area contributed by atoms with E-state index in [4.69, 9.17) is 15.7 Å². The number of carbonyl (C=O) groups excluding carboxylic acids is 3. The molecular weight excluding hydrogens is 684 g/mol. The molecule has 0 aromatic carbocycles. The van der Waals surface area contributed by atoms with Crippen molar-refractivity contribution in [2.45, 2.75) is 43.3 Å². The van der Waals surface area contributed by atoms with Crippen LogP contribution in [0, 0.1) is 0 Å². The number of oxime groups is 1. The third kappa shape index (κ3) is 6.33. The van der Waals surface area contributed by atoms with E-state index in [0.717, 1.165) is 43.0 Å². The first-order valence-electron chi connectivity index (χ1n) is 15.2. The SMILES string of the molecule is C[C@H](O/N=C(/C(=O)N[C@@H]1C(=O)N2C(C(=O)O)=C(C[N+]34CCC[C@H]3CN(C(=O)c3cc(=O)c(O)c[nH]3)CC4)CS[C@H]12)c1csc(N)n1)C(=O)O. The van der Waals surface area contributed by atoms with Gasteiger partial charge in [0.25, 0.3) is 17.7 Å². The van der Waals surface area contributed by atoms with E-state index in [9.17, 15) is 39.0 Å². The topological polar surface area (TPSA) is 258 Å². The number of H-pyrrole nitrogens is 1. The van der Waals surface area contributed by atoms with Crippen molar-refractivity contribution in [1.29, 1.82) is 0 Å². The molecule has 0 aliphatic carbocycles. The second kappa shape index (κ2) is 13.2. The predicted molar refractivity (Wildman–Crippen MR) is 173 cm³/mol. The first-order chi connectivity index (χ1) is 23.3. The van der Waals surface area contributed by atoms with Crippen LogP contribution in [0.2, 0.25) is 0 Å². The maximum atomic E-state index is 13.5. The molecule has 6 rings (SSSR count). The highest BCUT2D eigenvalue weighted by molar-refractivity contribution is 8.00. The molecule has 1 unspecified atom stereocenters. The molecule has 2 aromatic rings. The molecule has 18 nitrogen and oxygen atoms in total. The summed E-state index contributed by atoms with van der Waals surface area (Å²) in [6.45, 7) is 3.66. The highest BCUT2D eigenvalue weighted by atomic mass is 32.2. The molecule has 0 radical (unpaired) electrons. The summed E-state index contributed by atoms with van der Waals surface area (Å²) in [4.78, 5) is 90.2. The molecule has 3 fully saturated rings. The van der Waals surface area contributed by atoms with Gasteiger partial charge in [-0.2, -0.15) is 0 Å². The molecular formula is C29H33N8O10S2+. The van der Waals surface area contributed by atoms with Crippen LogP contribution in [0.5, 0.6) is 5.75 Å². The number of pyridine rings is 1. The number of hydrogen-bond acceptors (Lipinski definition) is 13. The smallest absolute Gasteiger partial charge is 0.352 e. The van der Waals surface area contributed by atoms with Crippen LogP contribution < -0.4 is 16.5 Å². The molecule has 0 bridgehead atoms. The third-order valence-electron chi connectivity index (χ3n) is 9.24. The lowest BCUT2D eigenvalue weighted by Gasteiger charge is -2.51. The Balaban J connectivity index is 1.17. The maximum absolute atomic E-state index is 13.5. The number of carboxylic acids is 2. The van der Waals surface area contributed by atoms with Gasteiger partial charge in [-0.15, -0.1) is 23.1 Å². The zero-order valence-corrected chi connectivity index (χ0v) is 27.7. The van der Waals surface area contributed by atoms with E-state index in [2.05, 4.69) is 20.4 Å². The lowest BCUT2D eigenvalue weighted by atomic mass is 10.0. The van der Waals surface area contributed by atoms with E-state index in [1.807, 2.05) is 0 Å². The Bertz CT molecular complexity index is 1860. The summed E-state index contributed by atoms with van der Waals surface area (Å²) in [5, 5.41) is 36.1. The lowest BCUT2D eigenvalue weighted by molar-refractivity contribution is -0.938. The number of fused-ring (bicyclic) bond motifs is 2. The molecule has 4 aliphatic rings. The van der Waals surface area contributed by atoms with Crippen LogP contribution >= 0.6 is 23.1 Å². The van der Waals surface area contributed by atoms with Gasteiger partial charge in [-0.25, -0.2) is 14.6 Å². The number of thioether (sulfide) groups is 1. The number of carboxylic acid groups (broad SMARTS) is 2. The van der Waals surface area contributed by atoms with E-state index >= 15 is 0 Å². The van der Waals surface area contributed by atoms with Gasteiger partial charge in [-0.1, -0.05) is 5.16 Å². The number of β-lactam (4-membered cyclic amide) rings is 1. The number of hydrogen-bond donors (Lipinski definition) is 6. The Morgan fingerprint density at radius 2 is 2.04 bits per heavy atom. The van der Waals surface area contributed by atoms with Crippen LogP contribution in [0.25, 0.3) is 0 Å². The number of quaternary nitrogens is 1. The minimum absolute atomic E-state index is 0.00876. The van der Waals surface area contributed by atoms with Crippen molar-refractivity contribution >= 4 is 63.6 Å². The van der Waals surface area contributed by atoms with Gasteiger partial charge in [-0.3, -0.25) is 24.1 Å². The van der Waals surface area contributed by atoms with Crippen molar-refractivity contribution in [3.05, 3.63) is 50.5 Å². The average molecular weight is 718 g/mol. The number of carbonyl (C=O) groups is 5. The molecule has 49 heavy (non-hydrogen) atoms. The van der Waals surface area contributed by atoms with E-state index in [1.54, 1.807) is 4.90 Å². The lowest BCUT2D eigenvalue weighted by Crippen LogP contribution is -2.71. The number of amides is 3. The van der Waals surface area contributed by atoms with Crippen molar-refractivity contribution in [2.24, 2.45) is 5.16 Å². The van der Waals surface area contributed by atoms with E-state index in [-0.39, 0.29) is 39.9 Å². The second-order valence-electron chi connectivity index (χ2n) is 12.2. The minimum atomic E-state index is -1.38. The molecule has 3 saturated heterocycles. The fourth-order valence-corrected chi connectivity index (χ4v) is 8.61. The van der Waals surface area contributed by atoms with Crippen molar-refractivity contribution < 1.29 is 48.6 Å². The summed E-state index contributed by atoms with van der Waals surface area (Å²) in [5.41, 5.74) is 5.18. The largest absolute Gasteiger partial charge is 0.503 e. The normalized spacial score (nSPS) is 25.6. The predicted octanol–water partition coefficient (Wildman–Crippen LogP) is -0.813. The van der Waals surface area contributed by atoms with Crippen LogP contribution in [0.1, 0.15) is 35.9 Å². The Morgan fingerprint density at radius 3 is 2.71 bits per heavy atom. The number of piperazine rings is 1. The van der Waals surface area contributed by atoms with Crippen LogP contribution in [0.3, 0.4) is 0 Å². The molecule has 20 heteroatoms. The van der Waals surface area contributed by atoms with Crippen molar-refractivity contribution in [1.82, 2.24) is 25.1 Å². The number of aromatic nitrogens is 2. The van der Waals surface area contributed by atoms with Gasteiger partial charge in [0.2, 0.25) is 11.5 Å². The van der Waals surface area contributed by atoms with Crippen molar-refractivity contribution in [3.63, 3.8) is 0 Å². The molecule has 4 aliphatic heterocycles. The number of thiazole rings is 1. The van der Waals surface area contributed by atoms with Crippen LogP contribution in [-0.2, 0) is 24.0 Å². The summed E-state index contributed by atoms with van der Waals surface area (Å²) in [5.74, 6) is -4.66. The first kappa shape index (κ1) is 33.9. The number of aliphatic carboxylic acids is 2. The number of aromatic hydroxyl groups is 1. The summed E-state index contributed by atoms with van der Waals surface area (Å²) in [7, 11) is 0. The fourth-order valence-electron chi connectivity index (χ4n) is 6.72. The van der Waals surface area contributed by atoms with Crippen molar-refractivity contribution in [3.8, 4) is 5.75 Å². The summed E-state index contributed by atoms with van der Waals surface area (Å²) in [6, 6.07) is -0.0213. The van der Waals surface area contributed by atoms with Gasteiger partial charge in [0.05, 0.1) is 26.2 Å². The van der Waals surface area contributed by atoms with Gasteiger partial charge in [-0.05, 0) is 6.92 Å². The quantitative estimate of drug-likeness (QED) is 0.0762. The Morgan fingerprint density at radius 1 is 1.27 bits per heavy atom. The molecule has 6 heterocycles. The fraction of sp³-hybridized carbons (Fsp3) is 0.448. The van der Waals surface area contributed by atoms with Crippen LogP contribution in [-0.4, -0.2) is 137 Å². The van der Waals surface area contributed by atoms with Gasteiger partial charge in [0.1, 0.15) is 41.1 Å². The minimum Gasteiger partial charge on any atom is -0.503 e. The van der Waals surface area contributed by atoms with E-state index < -0.39 is 58.2 Å². The molecule has 0 spiro atoms. The molecule has 7 N–H and O–H groups in total. The zero-order chi connectivity index (χ0) is 35.2. The van der Waals surface area contributed by atoms with Gasteiger partial charge in [0.15, 0.2) is 16.6 Å². The van der Waals surface area contributed by atoms with Crippen molar-refractivity contribution in [2.75, 3.05) is 44.2 Å². The van der Waals surface area contributed by atoms with Crippen LogP contribution in [0.15, 0.2) is 38.9 Å². The molecule has 2 aromatic heterocycles. The number of nitrogen functional groups attached to an aromatic ring is 1. The number of anilines is 1. The first-order valence-corrected chi connectivity index (χ1v) is 17.2. The molecule has 3 amide bonds. The molecule has 5 atom stereocenters. The highest BCUT2D eigenvalue weighted by Crippen LogP contribution is 2.42. The van der Waals surface area contributed by atoms with E-state index in [0.29, 0.717) is 36.2 Å². The number of nitrogens with one attached hydrogen (secondary N) is 2. The zero-order valence-electron chi connectivity index (χ0n) is 26.0. The number of rotatable bonds is 10.